The van der Waals surface area contributed by atoms with Crippen LogP contribution >= 0.6 is 11.6 Å². The van der Waals surface area contributed by atoms with Crippen molar-refractivity contribution in [3.63, 3.8) is 0 Å². The number of esters is 1. The van der Waals surface area contributed by atoms with Gasteiger partial charge in [0.2, 0.25) is 0 Å². The van der Waals surface area contributed by atoms with Gasteiger partial charge in [-0.25, -0.2) is 19.1 Å². The molecule has 3 rings (SSSR count). The molecule has 0 aliphatic heterocycles. The molecule has 3 aromatic rings. The average Bonchev–Trinajstić information content (AvgIpc) is 3.03. The Morgan fingerprint density at radius 3 is 2.68 bits per heavy atom. The second-order valence-corrected chi connectivity index (χ2v) is 7.29. The van der Waals surface area contributed by atoms with Crippen LogP contribution in [0.15, 0.2) is 18.2 Å². The van der Waals surface area contributed by atoms with Gasteiger partial charge >= 0.3 is 5.97 Å². The number of ether oxygens (including phenoxy) is 1. The van der Waals surface area contributed by atoms with Gasteiger partial charge in [-0.1, -0.05) is 17.7 Å². The standard InChI is InChI=1S/C20H24ClN7O3/c1-4-28-13-9-11(6-8-15(29)31-3)5-7-12(13)27(2)14(28)10-24-20(30)16-18(22)26-19(23)17(21)25-16/h5,7,9H,4,6,8,10H2,1-3H3,(H4-,22,23,24,26,30)/p+1. The molecule has 1 aromatic carbocycles. The van der Waals surface area contributed by atoms with Crippen molar-refractivity contribution in [1.82, 2.24) is 19.9 Å². The van der Waals surface area contributed by atoms with Crippen molar-refractivity contribution >= 4 is 46.1 Å². The zero-order valence-corrected chi connectivity index (χ0v) is 18.4. The van der Waals surface area contributed by atoms with E-state index >= 15 is 0 Å². The largest absolute Gasteiger partial charge is 0.469 e. The molecule has 0 fully saturated rings. The second kappa shape index (κ2) is 9.17. The van der Waals surface area contributed by atoms with E-state index in [9.17, 15) is 9.59 Å². The molecule has 2 aromatic heterocycles. The Bertz CT molecular complexity index is 1160. The topological polar surface area (TPSA) is 142 Å². The minimum Gasteiger partial charge on any atom is -0.469 e. The number of rotatable bonds is 7. The van der Waals surface area contributed by atoms with Crippen molar-refractivity contribution < 1.29 is 18.9 Å². The molecule has 0 radical (unpaired) electrons. The molecule has 1 amide bonds. The molecule has 10 nitrogen and oxygen atoms in total. The maximum atomic E-state index is 12.6. The summed E-state index contributed by atoms with van der Waals surface area (Å²) in [6.45, 7) is 2.95. The number of aromatic nitrogens is 4. The van der Waals surface area contributed by atoms with Crippen LogP contribution in [-0.4, -0.2) is 33.5 Å². The van der Waals surface area contributed by atoms with E-state index in [1.165, 1.54) is 7.11 Å². The van der Waals surface area contributed by atoms with Crippen LogP contribution in [0.1, 0.15) is 35.2 Å². The van der Waals surface area contributed by atoms with Crippen LogP contribution < -0.4 is 21.4 Å². The third-order valence-corrected chi connectivity index (χ3v) is 5.36. The first kappa shape index (κ1) is 22.3. The molecule has 164 valence electrons. The number of hydrogen-bond acceptors (Lipinski definition) is 7. The van der Waals surface area contributed by atoms with Gasteiger partial charge < -0.3 is 21.5 Å². The number of aryl methyl sites for hydroxylation is 3. The van der Waals surface area contributed by atoms with Crippen molar-refractivity contribution in [3.8, 4) is 0 Å². The Morgan fingerprint density at radius 1 is 1.26 bits per heavy atom. The van der Waals surface area contributed by atoms with Gasteiger partial charge in [0.1, 0.15) is 6.54 Å². The van der Waals surface area contributed by atoms with Crippen LogP contribution in [0, 0.1) is 0 Å². The van der Waals surface area contributed by atoms with Gasteiger partial charge in [-0.05, 0) is 31.0 Å². The number of halogens is 1. The van der Waals surface area contributed by atoms with Crippen molar-refractivity contribution in [1.29, 1.82) is 0 Å². The van der Waals surface area contributed by atoms with Gasteiger partial charge in [0.15, 0.2) is 33.5 Å². The summed E-state index contributed by atoms with van der Waals surface area (Å²) in [5.41, 5.74) is 14.3. The molecule has 0 aliphatic carbocycles. The average molecular weight is 447 g/mol. The number of amides is 1. The Morgan fingerprint density at radius 2 is 2.00 bits per heavy atom. The molecule has 31 heavy (non-hydrogen) atoms. The van der Waals surface area contributed by atoms with Gasteiger partial charge in [-0.2, -0.15) is 0 Å². The van der Waals surface area contributed by atoms with Crippen LogP contribution in [-0.2, 0) is 36.1 Å². The molecule has 0 saturated heterocycles. The van der Waals surface area contributed by atoms with Crippen LogP contribution in [0.4, 0.5) is 11.6 Å². The number of nitrogens with two attached hydrogens (primary N) is 2. The zero-order valence-electron chi connectivity index (χ0n) is 17.6. The van der Waals surface area contributed by atoms with Gasteiger partial charge in [-0.3, -0.25) is 9.59 Å². The van der Waals surface area contributed by atoms with Gasteiger partial charge in [0, 0.05) is 6.42 Å². The summed E-state index contributed by atoms with van der Waals surface area (Å²) in [5, 5.41) is 2.74. The minimum absolute atomic E-state index is 0.0313. The molecule has 2 heterocycles. The predicted molar refractivity (Wildman–Crippen MR) is 116 cm³/mol. The number of nitrogens with zero attached hydrogens (tertiary/aromatic N) is 4. The number of fused-ring (bicyclic) bond motifs is 1. The lowest BCUT2D eigenvalue weighted by atomic mass is 10.1. The van der Waals surface area contributed by atoms with E-state index in [0.717, 1.165) is 22.4 Å². The Labute approximate surface area is 184 Å². The summed E-state index contributed by atoms with van der Waals surface area (Å²) in [6, 6.07) is 6.04. The highest BCUT2D eigenvalue weighted by Gasteiger charge is 2.24. The molecule has 0 spiro atoms. The predicted octanol–water partition coefficient (Wildman–Crippen LogP) is 1.13. The first-order valence-corrected chi connectivity index (χ1v) is 10.1. The molecule has 0 bridgehead atoms. The number of carbonyl (C=O) groups excluding carboxylic acids is 2. The van der Waals surface area contributed by atoms with Crippen molar-refractivity contribution in [2.24, 2.45) is 7.05 Å². The first-order valence-electron chi connectivity index (χ1n) is 9.70. The highest BCUT2D eigenvalue weighted by atomic mass is 35.5. The van der Waals surface area contributed by atoms with E-state index in [1.54, 1.807) is 0 Å². The SMILES string of the molecule is CCn1c(CNC(=O)c2nc(Cl)c(N)nc2N)[n+](C)c2ccc(CCC(=O)OC)cc21. The van der Waals surface area contributed by atoms with Crippen molar-refractivity contribution in [2.75, 3.05) is 18.6 Å². The van der Waals surface area contributed by atoms with Crippen LogP contribution in [0.2, 0.25) is 5.15 Å². The highest BCUT2D eigenvalue weighted by Crippen LogP contribution is 2.19. The smallest absolute Gasteiger partial charge is 0.305 e. The summed E-state index contributed by atoms with van der Waals surface area (Å²) >= 11 is 5.87. The van der Waals surface area contributed by atoms with E-state index in [1.807, 2.05) is 30.7 Å². The Balaban J connectivity index is 1.86. The number of hydrogen-bond donors (Lipinski definition) is 3. The fourth-order valence-electron chi connectivity index (χ4n) is 3.45. The van der Waals surface area contributed by atoms with E-state index in [2.05, 4.69) is 25.9 Å². The maximum Gasteiger partial charge on any atom is 0.305 e. The molecule has 0 atom stereocenters. The van der Waals surface area contributed by atoms with Crippen LogP contribution in [0.25, 0.3) is 11.0 Å². The molecular formula is C20H25ClN7O3+. The molecule has 11 heteroatoms. The quantitative estimate of drug-likeness (QED) is 0.364. The van der Waals surface area contributed by atoms with Gasteiger partial charge in [0.05, 0.1) is 20.7 Å². The number of methoxy groups -OCH3 is 1. The number of nitrogens with one attached hydrogen (secondary N) is 1. The number of imidazole rings is 1. The lowest BCUT2D eigenvalue weighted by molar-refractivity contribution is -0.654. The summed E-state index contributed by atoms with van der Waals surface area (Å²) in [4.78, 5) is 31.8. The second-order valence-electron chi connectivity index (χ2n) is 6.93. The number of benzene rings is 1. The van der Waals surface area contributed by atoms with Crippen LogP contribution in [0.5, 0.6) is 0 Å². The molecule has 5 N–H and O–H groups in total. The number of carbonyl (C=O) groups is 2. The van der Waals surface area contributed by atoms with Gasteiger partial charge in [-0.15, -0.1) is 0 Å². The van der Waals surface area contributed by atoms with E-state index in [0.29, 0.717) is 19.4 Å². The summed E-state index contributed by atoms with van der Waals surface area (Å²) in [6.07, 6.45) is 0.902. The third kappa shape index (κ3) is 4.53. The third-order valence-electron chi connectivity index (χ3n) is 5.08. The summed E-state index contributed by atoms with van der Waals surface area (Å²) in [5.74, 6) is 0.0129. The monoisotopic (exact) mass is 446 g/mol. The maximum absolute atomic E-state index is 12.6. The van der Waals surface area contributed by atoms with Crippen LogP contribution in [0.3, 0.4) is 0 Å². The van der Waals surface area contributed by atoms with E-state index in [-0.39, 0.29) is 35.0 Å². The summed E-state index contributed by atoms with van der Waals surface area (Å²) < 4.78 is 8.83. The molecular weight excluding hydrogens is 422 g/mol. The zero-order chi connectivity index (χ0) is 22.7. The normalized spacial score (nSPS) is 11.0. The molecule has 0 saturated carbocycles. The number of anilines is 2. The molecule has 0 aliphatic rings. The Kier molecular flexibility index (Phi) is 6.59. The fourth-order valence-corrected chi connectivity index (χ4v) is 3.58. The minimum atomic E-state index is -0.501. The lowest BCUT2D eigenvalue weighted by Crippen LogP contribution is -2.38. The Hall–Kier alpha value is -3.40. The fraction of sp³-hybridized carbons (Fsp3) is 0.350. The number of nitrogen functional groups attached to an aromatic ring is 2. The highest BCUT2D eigenvalue weighted by molar-refractivity contribution is 6.31. The molecule has 0 unspecified atom stereocenters. The first-order chi connectivity index (χ1) is 14.8. The van der Waals surface area contributed by atoms with E-state index in [4.69, 9.17) is 27.8 Å². The van der Waals surface area contributed by atoms with Gasteiger partial charge in [0.25, 0.3) is 11.7 Å². The lowest BCUT2D eigenvalue weighted by Gasteiger charge is -2.07. The van der Waals surface area contributed by atoms with Crippen molar-refractivity contribution in [2.45, 2.75) is 32.9 Å². The summed E-state index contributed by atoms with van der Waals surface area (Å²) in [7, 11) is 3.31. The van der Waals surface area contributed by atoms with Crippen molar-refractivity contribution in [3.05, 3.63) is 40.4 Å². The van der Waals surface area contributed by atoms with E-state index < -0.39 is 5.91 Å².